The summed E-state index contributed by atoms with van der Waals surface area (Å²) < 4.78 is 4.44. The molecule has 0 radical (unpaired) electrons. The van der Waals surface area contributed by atoms with E-state index in [1.807, 2.05) is 0 Å². The number of carboxylic acid groups (broad SMARTS) is 1. The fourth-order valence-electron chi connectivity index (χ4n) is 1.34. The summed E-state index contributed by atoms with van der Waals surface area (Å²) in [6.07, 6.45) is -0.244. The van der Waals surface area contributed by atoms with Crippen LogP contribution in [0.15, 0.2) is 18.2 Å². The van der Waals surface area contributed by atoms with Gasteiger partial charge in [-0.1, -0.05) is 6.07 Å². The van der Waals surface area contributed by atoms with Gasteiger partial charge in [0.25, 0.3) is 12.2 Å². The predicted molar refractivity (Wildman–Crippen MR) is 55.3 cm³/mol. The maximum Gasteiger partial charge on any atom is 0.307 e. The second-order valence-corrected chi connectivity index (χ2v) is 3.20. The molecule has 0 aliphatic heterocycles. The Morgan fingerprint density at radius 2 is 2.24 bits per heavy atom. The zero-order valence-corrected chi connectivity index (χ0v) is 8.66. The first kappa shape index (κ1) is 12.6. The molecule has 1 aromatic rings. The molecule has 0 saturated heterocycles. The lowest BCUT2D eigenvalue weighted by Gasteiger charge is -2.04. The highest BCUT2D eigenvalue weighted by atomic mass is 16.6. The molecule has 7 nitrogen and oxygen atoms in total. The van der Waals surface area contributed by atoms with Gasteiger partial charge in [-0.3, -0.25) is 19.7 Å². The van der Waals surface area contributed by atoms with Gasteiger partial charge in [0.2, 0.25) is 0 Å². The Morgan fingerprint density at radius 1 is 1.53 bits per heavy atom. The predicted octanol–water partition coefficient (Wildman–Crippen LogP) is 0.895. The van der Waals surface area contributed by atoms with Crippen molar-refractivity contribution in [1.29, 1.82) is 0 Å². The van der Waals surface area contributed by atoms with E-state index in [0.717, 1.165) is 0 Å². The van der Waals surface area contributed by atoms with Crippen LogP contribution in [0.3, 0.4) is 0 Å². The van der Waals surface area contributed by atoms with Crippen LogP contribution in [0, 0.1) is 10.1 Å². The second-order valence-electron chi connectivity index (χ2n) is 3.20. The number of hydrogen-bond acceptors (Lipinski definition) is 5. The third-order valence-electron chi connectivity index (χ3n) is 2.00. The second kappa shape index (κ2) is 5.59. The maximum atomic E-state index is 10.7. The first-order valence-corrected chi connectivity index (χ1v) is 4.58. The third-order valence-corrected chi connectivity index (χ3v) is 2.00. The van der Waals surface area contributed by atoms with Crippen LogP contribution in [0.4, 0.5) is 5.69 Å². The van der Waals surface area contributed by atoms with Gasteiger partial charge in [-0.25, -0.2) is 0 Å². The Morgan fingerprint density at radius 3 is 2.76 bits per heavy atom. The molecule has 0 aliphatic rings. The molecule has 0 spiro atoms. The van der Waals surface area contributed by atoms with E-state index in [4.69, 9.17) is 5.11 Å². The smallest absolute Gasteiger partial charge is 0.307 e. The van der Waals surface area contributed by atoms with E-state index in [0.29, 0.717) is 5.56 Å². The Hall–Kier alpha value is -2.44. The summed E-state index contributed by atoms with van der Waals surface area (Å²) in [5, 5.41) is 19.3. The van der Waals surface area contributed by atoms with Crippen molar-refractivity contribution in [1.82, 2.24) is 0 Å². The minimum absolute atomic E-state index is 0.167. The minimum Gasteiger partial charge on any atom is -0.481 e. The number of nitrogens with zero attached hydrogens (tertiary/aromatic N) is 1. The third kappa shape index (κ3) is 3.56. The molecule has 0 amide bonds. The summed E-state index contributed by atoms with van der Waals surface area (Å²) in [5.41, 5.74) is 0.370. The largest absolute Gasteiger partial charge is 0.481 e. The molecule has 0 saturated carbocycles. The molecule has 0 heterocycles. The zero-order valence-electron chi connectivity index (χ0n) is 8.66. The molecule has 0 bridgehead atoms. The normalized spacial score (nSPS) is 9.65. The SMILES string of the molecule is O=COCc1cc(CC(=O)O)ccc1[N+](=O)[O-]. The molecule has 1 rings (SSSR count). The van der Waals surface area contributed by atoms with Crippen molar-refractivity contribution in [3.05, 3.63) is 39.4 Å². The van der Waals surface area contributed by atoms with Gasteiger partial charge in [0.15, 0.2) is 0 Å². The van der Waals surface area contributed by atoms with Gasteiger partial charge < -0.3 is 9.84 Å². The number of nitro benzene ring substituents is 1. The van der Waals surface area contributed by atoms with Crippen molar-refractivity contribution in [2.24, 2.45) is 0 Å². The molecule has 0 atom stereocenters. The van der Waals surface area contributed by atoms with Gasteiger partial charge in [-0.2, -0.15) is 0 Å². The lowest BCUT2D eigenvalue weighted by atomic mass is 10.1. The van der Waals surface area contributed by atoms with E-state index in [1.165, 1.54) is 18.2 Å². The molecule has 1 aromatic carbocycles. The van der Waals surface area contributed by atoms with Crippen LogP contribution in [-0.4, -0.2) is 22.5 Å². The highest BCUT2D eigenvalue weighted by molar-refractivity contribution is 5.70. The van der Waals surface area contributed by atoms with Crippen molar-refractivity contribution in [2.45, 2.75) is 13.0 Å². The molecule has 7 heteroatoms. The van der Waals surface area contributed by atoms with Gasteiger partial charge in [-0.05, 0) is 11.6 Å². The van der Waals surface area contributed by atoms with E-state index < -0.39 is 10.9 Å². The zero-order chi connectivity index (χ0) is 12.8. The highest BCUT2D eigenvalue weighted by Gasteiger charge is 2.15. The average molecular weight is 239 g/mol. The summed E-state index contributed by atoms with van der Waals surface area (Å²) in [7, 11) is 0. The first-order valence-electron chi connectivity index (χ1n) is 4.58. The number of carbonyl (C=O) groups is 2. The van der Waals surface area contributed by atoms with Gasteiger partial charge in [0.1, 0.15) is 6.61 Å². The Labute approximate surface area is 95.8 Å². The van der Waals surface area contributed by atoms with Crippen LogP contribution in [0.5, 0.6) is 0 Å². The van der Waals surface area contributed by atoms with Crippen LogP contribution < -0.4 is 0 Å². The Bertz CT molecular complexity index is 456. The molecule has 0 aliphatic carbocycles. The summed E-state index contributed by atoms with van der Waals surface area (Å²) in [5.74, 6) is -1.04. The number of nitro groups is 1. The summed E-state index contributed by atoms with van der Waals surface area (Å²) in [4.78, 5) is 30.6. The van der Waals surface area contributed by atoms with Crippen molar-refractivity contribution in [2.75, 3.05) is 0 Å². The Balaban J connectivity index is 3.04. The summed E-state index contributed by atoms with van der Waals surface area (Å²) in [6, 6.07) is 3.90. The fraction of sp³-hybridized carbons (Fsp3) is 0.200. The van der Waals surface area contributed by atoms with Crippen molar-refractivity contribution in [3.63, 3.8) is 0 Å². The van der Waals surface area contributed by atoms with Crippen LogP contribution >= 0.6 is 0 Å². The van der Waals surface area contributed by atoms with Crippen molar-refractivity contribution >= 4 is 18.1 Å². The minimum atomic E-state index is -1.04. The number of carboxylic acids is 1. The number of aliphatic carboxylic acids is 1. The number of rotatable bonds is 6. The molecule has 90 valence electrons. The molecule has 0 unspecified atom stereocenters. The molecular weight excluding hydrogens is 230 g/mol. The van der Waals surface area contributed by atoms with Crippen LogP contribution in [-0.2, 0) is 27.4 Å². The number of hydrogen-bond donors (Lipinski definition) is 1. The van der Waals surface area contributed by atoms with Gasteiger partial charge in [0, 0.05) is 6.07 Å². The molecule has 0 aromatic heterocycles. The number of carbonyl (C=O) groups excluding carboxylic acids is 1. The lowest BCUT2D eigenvalue weighted by Crippen LogP contribution is -2.03. The van der Waals surface area contributed by atoms with Gasteiger partial charge >= 0.3 is 5.97 Å². The van der Waals surface area contributed by atoms with E-state index in [2.05, 4.69) is 4.74 Å². The van der Waals surface area contributed by atoms with Crippen molar-refractivity contribution in [3.8, 4) is 0 Å². The standard InChI is InChI=1S/C10H9NO6/c12-6-17-5-8-3-7(4-10(13)14)1-2-9(8)11(15)16/h1-3,6H,4-5H2,(H,13,14). The summed E-state index contributed by atoms with van der Waals surface area (Å²) >= 11 is 0. The molecular formula is C10H9NO6. The molecule has 17 heavy (non-hydrogen) atoms. The number of benzene rings is 1. The van der Waals surface area contributed by atoms with E-state index in [-0.39, 0.29) is 30.8 Å². The van der Waals surface area contributed by atoms with Crippen LogP contribution in [0.1, 0.15) is 11.1 Å². The topological polar surface area (TPSA) is 107 Å². The van der Waals surface area contributed by atoms with Gasteiger partial charge in [0.05, 0.1) is 16.9 Å². The fourth-order valence-corrected chi connectivity index (χ4v) is 1.34. The average Bonchev–Trinajstić information content (AvgIpc) is 2.25. The quantitative estimate of drug-likeness (QED) is 0.449. The Kier molecular flexibility index (Phi) is 4.15. The first-order chi connectivity index (χ1) is 8.04. The van der Waals surface area contributed by atoms with Crippen LogP contribution in [0.25, 0.3) is 0 Å². The lowest BCUT2D eigenvalue weighted by molar-refractivity contribution is -0.385. The molecule has 0 fully saturated rings. The monoisotopic (exact) mass is 239 g/mol. The maximum absolute atomic E-state index is 10.7. The van der Waals surface area contributed by atoms with E-state index in [9.17, 15) is 19.7 Å². The van der Waals surface area contributed by atoms with Crippen LogP contribution in [0.2, 0.25) is 0 Å². The van der Waals surface area contributed by atoms with E-state index >= 15 is 0 Å². The summed E-state index contributed by atoms with van der Waals surface area (Å²) in [6.45, 7) is -0.0825. The number of ether oxygens (including phenoxy) is 1. The van der Waals surface area contributed by atoms with Crippen molar-refractivity contribution < 1.29 is 24.4 Å². The van der Waals surface area contributed by atoms with E-state index in [1.54, 1.807) is 0 Å². The molecule has 1 N–H and O–H groups in total. The van der Waals surface area contributed by atoms with Gasteiger partial charge in [-0.15, -0.1) is 0 Å². The highest BCUT2D eigenvalue weighted by Crippen LogP contribution is 2.21.